The maximum Gasteiger partial charge on any atom is 0.257 e. The molecule has 2 rings (SSSR count). The topological polar surface area (TPSA) is 50.4 Å². The van der Waals surface area contributed by atoms with E-state index in [1.165, 1.54) is 0 Å². The van der Waals surface area contributed by atoms with Crippen molar-refractivity contribution in [2.75, 3.05) is 6.61 Å². The van der Waals surface area contributed by atoms with Gasteiger partial charge in [0, 0.05) is 17.1 Å². The summed E-state index contributed by atoms with van der Waals surface area (Å²) >= 11 is 11.2. The SMILES string of the molecule is CCOc1cccc(C(=O)NC(=S)NCc2ccccc2Cl)c1. The summed E-state index contributed by atoms with van der Waals surface area (Å²) in [6, 6.07) is 14.4. The van der Waals surface area contributed by atoms with Crippen molar-refractivity contribution in [3.63, 3.8) is 0 Å². The number of rotatable bonds is 5. The smallest absolute Gasteiger partial charge is 0.257 e. The monoisotopic (exact) mass is 348 g/mol. The van der Waals surface area contributed by atoms with Gasteiger partial charge in [-0.25, -0.2) is 0 Å². The van der Waals surface area contributed by atoms with Gasteiger partial charge in [0.15, 0.2) is 5.11 Å². The third-order valence-corrected chi connectivity index (χ3v) is 3.65. The summed E-state index contributed by atoms with van der Waals surface area (Å²) in [4.78, 5) is 12.2. The molecule has 0 saturated heterocycles. The fourth-order valence-corrected chi connectivity index (χ4v) is 2.30. The van der Waals surface area contributed by atoms with E-state index in [0.717, 1.165) is 5.56 Å². The van der Waals surface area contributed by atoms with E-state index in [-0.39, 0.29) is 11.0 Å². The number of halogens is 1. The number of thiocarbonyl (C=S) groups is 1. The Labute approximate surface area is 145 Å². The fourth-order valence-electron chi connectivity index (χ4n) is 1.93. The molecule has 4 nitrogen and oxygen atoms in total. The minimum absolute atomic E-state index is 0.247. The maximum absolute atomic E-state index is 12.2. The third-order valence-electron chi connectivity index (χ3n) is 3.03. The van der Waals surface area contributed by atoms with Gasteiger partial charge in [0.2, 0.25) is 0 Å². The van der Waals surface area contributed by atoms with E-state index < -0.39 is 0 Å². The van der Waals surface area contributed by atoms with Crippen LogP contribution in [0.3, 0.4) is 0 Å². The van der Waals surface area contributed by atoms with Crippen LogP contribution in [0.15, 0.2) is 48.5 Å². The Balaban J connectivity index is 1.91. The van der Waals surface area contributed by atoms with E-state index in [9.17, 15) is 4.79 Å². The van der Waals surface area contributed by atoms with Gasteiger partial charge in [-0.3, -0.25) is 10.1 Å². The maximum atomic E-state index is 12.2. The van der Waals surface area contributed by atoms with Crippen molar-refractivity contribution in [3.05, 3.63) is 64.7 Å². The number of amides is 1. The van der Waals surface area contributed by atoms with Gasteiger partial charge < -0.3 is 10.1 Å². The predicted octanol–water partition coefficient (Wildman–Crippen LogP) is 3.54. The lowest BCUT2D eigenvalue weighted by Crippen LogP contribution is -2.38. The standard InChI is InChI=1S/C17H17ClN2O2S/c1-2-22-14-8-5-7-12(10-14)16(21)20-17(23)19-11-13-6-3-4-9-15(13)18/h3-10H,2,11H2,1H3,(H2,19,20,21,23). The lowest BCUT2D eigenvalue weighted by molar-refractivity contribution is 0.0976. The van der Waals surface area contributed by atoms with Crippen molar-refractivity contribution in [2.24, 2.45) is 0 Å². The highest BCUT2D eigenvalue weighted by molar-refractivity contribution is 7.80. The minimum Gasteiger partial charge on any atom is -0.494 e. The van der Waals surface area contributed by atoms with Crippen molar-refractivity contribution < 1.29 is 9.53 Å². The molecule has 2 aromatic carbocycles. The van der Waals surface area contributed by atoms with Gasteiger partial charge in [-0.1, -0.05) is 35.9 Å². The summed E-state index contributed by atoms with van der Waals surface area (Å²) in [5.74, 6) is 0.360. The third kappa shape index (κ3) is 5.23. The summed E-state index contributed by atoms with van der Waals surface area (Å²) in [6.07, 6.45) is 0. The molecule has 23 heavy (non-hydrogen) atoms. The molecule has 2 aromatic rings. The van der Waals surface area contributed by atoms with Crippen LogP contribution in [0.25, 0.3) is 0 Å². The van der Waals surface area contributed by atoms with Crippen molar-refractivity contribution >= 4 is 34.8 Å². The molecule has 0 aliphatic heterocycles. The molecule has 0 aliphatic rings. The largest absolute Gasteiger partial charge is 0.494 e. The van der Waals surface area contributed by atoms with Crippen LogP contribution in [-0.4, -0.2) is 17.6 Å². The Morgan fingerprint density at radius 2 is 2.00 bits per heavy atom. The van der Waals surface area contributed by atoms with Crippen LogP contribution in [0.1, 0.15) is 22.8 Å². The average Bonchev–Trinajstić information content (AvgIpc) is 2.54. The zero-order valence-electron chi connectivity index (χ0n) is 12.6. The first-order chi connectivity index (χ1) is 11.1. The molecule has 2 N–H and O–H groups in total. The van der Waals surface area contributed by atoms with Crippen LogP contribution < -0.4 is 15.4 Å². The summed E-state index contributed by atoms with van der Waals surface area (Å²) in [7, 11) is 0. The number of carbonyl (C=O) groups excluding carboxylic acids is 1. The first-order valence-corrected chi connectivity index (χ1v) is 7.94. The molecule has 1 amide bonds. The summed E-state index contributed by atoms with van der Waals surface area (Å²) in [6.45, 7) is 2.88. The molecular formula is C17H17ClN2O2S. The van der Waals surface area contributed by atoms with Gasteiger partial charge >= 0.3 is 0 Å². The number of hydrogen-bond donors (Lipinski definition) is 2. The second kappa shape index (κ2) is 8.50. The van der Waals surface area contributed by atoms with Gasteiger partial charge in [-0.2, -0.15) is 0 Å². The second-order valence-electron chi connectivity index (χ2n) is 4.69. The molecule has 0 bridgehead atoms. The van der Waals surface area contributed by atoms with Gasteiger partial charge in [-0.15, -0.1) is 0 Å². The molecule has 0 unspecified atom stereocenters. The minimum atomic E-state index is -0.289. The quantitative estimate of drug-likeness (QED) is 0.811. The number of benzene rings is 2. The highest BCUT2D eigenvalue weighted by atomic mass is 35.5. The second-order valence-corrected chi connectivity index (χ2v) is 5.50. The zero-order valence-corrected chi connectivity index (χ0v) is 14.2. The normalized spacial score (nSPS) is 10.0. The zero-order chi connectivity index (χ0) is 16.7. The summed E-state index contributed by atoms with van der Waals surface area (Å²) < 4.78 is 5.38. The molecule has 0 atom stereocenters. The van der Waals surface area contributed by atoms with E-state index >= 15 is 0 Å². The van der Waals surface area contributed by atoms with Gasteiger partial charge in [0.1, 0.15) is 5.75 Å². The fraction of sp³-hybridized carbons (Fsp3) is 0.176. The van der Waals surface area contributed by atoms with Crippen LogP contribution >= 0.6 is 23.8 Å². The van der Waals surface area contributed by atoms with Gasteiger partial charge in [-0.05, 0) is 49.0 Å². The van der Waals surface area contributed by atoms with Crippen LogP contribution in [0, 0.1) is 0 Å². The van der Waals surface area contributed by atoms with E-state index in [2.05, 4.69) is 10.6 Å². The number of nitrogens with one attached hydrogen (secondary N) is 2. The van der Waals surface area contributed by atoms with Gasteiger partial charge in [0.25, 0.3) is 5.91 Å². The molecule has 0 spiro atoms. The summed E-state index contributed by atoms with van der Waals surface area (Å²) in [5.41, 5.74) is 1.39. The number of ether oxygens (including phenoxy) is 1. The molecule has 6 heteroatoms. The van der Waals surface area contributed by atoms with Crippen LogP contribution in [0.4, 0.5) is 0 Å². The van der Waals surface area contributed by atoms with Gasteiger partial charge in [0.05, 0.1) is 6.61 Å². The van der Waals surface area contributed by atoms with E-state index in [1.54, 1.807) is 30.3 Å². The molecule has 0 saturated carbocycles. The van der Waals surface area contributed by atoms with Crippen molar-refractivity contribution in [2.45, 2.75) is 13.5 Å². The number of carbonyl (C=O) groups is 1. The predicted molar refractivity (Wildman–Crippen MR) is 96.0 cm³/mol. The molecule has 0 aliphatic carbocycles. The molecule has 0 radical (unpaired) electrons. The Morgan fingerprint density at radius 3 is 2.74 bits per heavy atom. The lowest BCUT2D eigenvalue weighted by atomic mass is 10.2. The van der Waals surface area contributed by atoms with Crippen LogP contribution in [0.5, 0.6) is 5.75 Å². The van der Waals surface area contributed by atoms with E-state index in [0.29, 0.717) is 29.5 Å². The molecule has 0 heterocycles. The lowest BCUT2D eigenvalue weighted by Gasteiger charge is -2.11. The van der Waals surface area contributed by atoms with Crippen LogP contribution in [-0.2, 0) is 6.54 Å². The first-order valence-electron chi connectivity index (χ1n) is 7.15. The van der Waals surface area contributed by atoms with Crippen molar-refractivity contribution in [1.29, 1.82) is 0 Å². The Hall–Kier alpha value is -2.11. The van der Waals surface area contributed by atoms with Crippen molar-refractivity contribution in [3.8, 4) is 5.75 Å². The Kier molecular flexibility index (Phi) is 6.38. The van der Waals surface area contributed by atoms with Crippen LogP contribution in [0.2, 0.25) is 5.02 Å². The Bertz CT molecular complexity index is 706. The molecule has 120 valence electrons. The molecule has 0 aromatic heterocycles. The highest BCUT2D eigenvalue weighted by Gasteiger charge is 2.09. The Morgan fingerprint density at radius 1 is 1.22 bits per heavy atom. The first kappa shape index (κ1) is 17.2. The highest BCUT2D eigenvalue weighted by Crippen LogP contribution is 2.14. The molecule has 0 fully saturated rings. The molecular weight excluding hydrogens is 332 g/mol. The number of hydrogen-bond acceptors (Lipinski definition) is 3. The summed E-state index contributed by atoms with van der Waals surface area (Å²) in [5, 5.41) is 6.50. The van der Waals surface area contributed by atoms with E-state index in [4.69, 9.17) is 28.6 Å². The average molecular weight is 349 g/mol. The van der Waals surface area contributed by atoms with Crippen molar-refractivity contribution in [1.82, 2.24) is 10.6 Å². The van der Waals surface area contributed by atoms with E-state index in [1.807, 2.05) is 25.1 Å².